The molecule has 144 valence electrons. The summed E-state index contributed by atoms with van der Waals surface area (Å²) in [6.07, 6.45) is 9.42. The van der Waals surface area contributed by atoms with E-state index in [2.05, 4.69) is 27.7 Å². The minimum absolute atomic E-state index is 0. The third kappa shape index (κ3) is 83.1. The fourth-order valence-corrected chi connectivity index (χ4v) is 1.07. The first kappa shape index (κ1) is 35.3. The van der Waals surface area contributed by atoms with Crippen LogP contribution in [-0.4, -0.2) is 35.5 Å². The molecule has 0 aliphatic rings. The van der Waals surface area contributed by atoms with Crippen LogP contribution in [0.5, 0.6) is 0 Å². The largest absolute Gasteiger partial charge is 4.00 e. The summed E-state index contributed by atoms with van der Waals surface area (Å²) in [6, 6.07) is 0. The van der Waals surface area contributed by atoms with Crippen molar-refractivity contribution in [1.29, 1.82) is 0 Å². The smallest absolute Gasteiger partial charge is 0.876 e. The summed E-state index contributed by atoms with van der Waals surface area (Å²) >= 11 is 0. The summed E-state index contributed by atoms with van der Waals surface area (Å²) in [5, 5.41) is 20.0. The van der Waals surface area contributed by atoms with Crippen LogP contribution in [-0.2, 0) is 9.59 Å². The van der Waals surface area contributed by atoms with Gasteiger partial charge >= 0.3 is 23.9 Å². The minimum atomic E-state index is -0.187. The van der Waals surface area contributed by atoms with Crippen LogP contribution in [0.25, 0.3) is 0 Å². The average Bonchev–Trinajstić information content (AvgIpc) is 2.39. The van der Waals surface area contributed by atoms with Crippen LogP contribution in [0, 0.1) is 13.8 Å². The third-order valence-corrected chi connectivity index (χ3v) is 2.02. The topological polar surface area (TPSA) is 80.3 Å². The molecule has 0 unspecified atom stereocenters. The van der Waals surface area contributed by atoms with E-state index in [0.717, 1.165) is 25.0 Å². The summed E-state index contributed by atoms with van der Waals surface area (Å²) in [6.45, 7) is 17.1. The molecule has 0 saturated carbocycles. The zero-order valence-corrected chi connectivity index (χ0v) is 19.8. The van der Waals surface area contributed by atoms with Gasteiger partial charge in [0.15, 0.2) is 11.6 Å². The zero-order valence-electron chi connectivity index (χ0n) is 16.9. The Kier molecular flexibility index (Phi) is 43.9. The molecule has 25 heavy (non-hydrogen) atoms. The number of rotatable bonds is 6. The van der Waals surface area contributed by atoms with Gasteiger partial charge in [-0.1, -0.05) is 53.4 Å². The van der Waals surface area contributed by atoms with Crippen molar-refractivity contribution in [2.24, 2.45) is 0 Å². The van der Waals surface area contributed by atoms with Gasteiger partial charge in [-0.15, -0.1) is 11.5 Å². The number of hydrogen-bond donors (Lipinski definition) is 0. The van der Waals surface area contributed by atoms with Gasteiger partial charge in [0.25, 0.3) is 0 Å². The summed E-state index contributed by atoms with van der Waals surface area (Å²) in [5.74, 6) is -0.750. The molecule has 0 N–H and O–H groups in total. The first-order valence-electron chi connectivity index (χ1n) is 8.39. The number of ketones is 2. The van der Waals surface area contributed by atoms with E-state index >= 15 is 0 Å². The Morgan fingerprint density at radius 2 is 1.00 bits per heavy atom. The Hall–Kier alpha value is -0.781. The molecule has 0 aromatic rings. The average molecular weight is 459 g/mol. The second-order valence-corrected chi connectivity index (χ2v) is 5.15. The van der Waals surface area contributed by atoms with Gasteiger partial charge < -0.3 is 24.1 Å². The Bertz CT molecular complexity index is 302. The van der Waals surface area contributed by atoms with Crippen molar-refractivity contribution in [2.75, 3.05) is 0 Å². The maximum Gasteiger partial charge on any atom is 4.00 e. The van der Waals surface area contributed by atoms with E-state index in [4.69, 9.17) is 0 Å². The summed E-state index contributed by atoms with van der Waals surface area (Å²) < 4.78 is 0. The Morgan fingerprint density at radius 3 is 1.00 bits per heavy atom. The van der Waals surface area contributed by atoms with Crippen LogP contribution < -0.4 is 10.2 Å². The molecule has 0 fully saturated rings. The molecule has 0 amide bonds. The normalized spacial score (nSPS) is 9.76. The van der Waals surface area contributed by atoms with Crippen LogP contribution in [0.2, 0.25) is 0 Å². The molecule has 4 nitrogen and oxygen atoms in total. The van der Waals surface area contributed by atoms with Crippen LogP contribution in [0.15, 0.2) is 23.7 Å². The van der Waals surface area contributed by atoms with E-state index in [1.54, 1.807) is 0 Å². The van der Waals surface area contributed by atoms with Crippen molar-refractivity contribution in [3.63, 3.8) is 0 Å². The summed E-state index contributed by atoms with van der Waals surface area (Å²) in [4.78, 5) is 20.0. The monoisotopic (exact) mass is 460 g/mol. The van der Waals surface area contributed by atoms with E-state index in [1.807, 2.05) is 0 Å². The first-order valence-corrected chi connectivity index (χ1v) is 8.39. The van der Waals surface area contributed by atoms with Crippen LogP contribution >= 0.6 is 0 Å². The molecule has 0 heterocycles. The van der Waals surface area contributed by atoms with Crippen molar-refractivity contribution in [3.8, 4) is 0 Å². The quantitative estimate of drug-likeness (QED) is 0.264. The molecule has 0 saturated heterocycles. The fourth-order valence-electron chi connectivity index (χ4n) is 1.07. The van der Waals surface area contributed by atoms with Gasteiger partial charge in [0.2, 0.25) is 0 Å². The molecule has 5 heteroatoms. The van der Waals surface area contributed by atoms with E-state index in [-0.39, 0.29) is 47.0 Å². The van der Waals surface area contributed by atoms with Gasteiger partial charge in [-0.3, -0.25) is 9.59 Å². The van der Waals surface area contributed by atoms with Gasteiger partial charge in [-0.05, 0) is 26.0 Å². The summed E-state index contributed by atoms with van der Waals surface area (Å²) in [7, 11) is 0. The minimum Gasteiger partial charge on any atom is -0.876 e. The van der Waals surface area contributed by atoms with Gasteiger partial charge in [-0.25, -0.2) is 0 Å². The van der Waals surface area contributed by atoms with E-state index in [0.29, 0.717) is 0 Å². The number of carbonyl (C=O) groups is 2. The van der Waals surface area contributed by atoms with E-state index in [9.17, 15) is 19.8 Å². The van der Waals surface area contributed by atoms with Crippen molar-refractivity contribution in [1.82, 2.24) is 0 Å². The molecule has 0 bridgehead atoms. The van der Waals surface area contributed by atoms with E-state index in [1.165, 1.54) is 53.4 Å². The van der Waals surface area contributed by atoms with Gasteiger partial charge in [0, 0.05) is 0 Å². The second kappa shape index (κ2) is 31.0. The van der Waals surface area contributed by atoms with Crippen LogP contribution in [0.4, 0.5) is 0 Å². The molecule has 0 atom stereocenters. The molecular weight excluding hydrogens is 423 g/mol. The van der Waals surface area contributed by atoms with Crippen molar-refractivity contribution < 1.29 is 19.8 Å². The Morgan fingerprint density at radius 1 is 0.760 bits per heavy atom. The molecule has 0 rings (SSSR count). The predicted molar refractivity (Wildman–Crippen MR) is 104 cm³/mol. The molecular formula is C20H36O4Sn. The van der Waals surface area contributed by atoms with Crippen LogP contribution in [0.1, 0.15) is 80.1 Å². The van der Waals surface area contributed by atoms with Crippen molar-refractivity contribution in [2.45, 2.75) is 80.1 Å². The first-order chi connectivity index (χ1) is 11.1. The Balaban J connectivity index is -0.0000000711. The molecule has 0 spiro atoms. The van der Waals surface area contributed by atoms with Crippen molar-refractivity contribution in [3.05, 3.63) is 37.5 Å². The molecule has 0 aromatic carbocycles. The van der Waals surface area contributed by atoms with Gasteiger partial charge in [-0.2, -0.15) is 12.8 Å². The molecule has 0 aliphatic heterocycles. The Labute approximate surface area is 172 Å². The number of carbonyl (C=O) groups excluding carboxylic acids is 2. The maximum absolute atomic E-state index is 9.98. The van der Waals surface area contributed by atoms with Crippen LogP contribution in [0.3, 0.4) is 0 Å². The fraction of sp³-hybridized carbons (Fsp3) is 0.600. The van der Waals surface area contributed by atoms with Crippen molar-refractivity contribution >= 4 is 35.5 Å². The number of allylic oxidation sites excluding steroid dienone is 4. The number of hydrogen-bond acceptors (Lipinski definition) is 4. The zero-order chi connectivity index (χ0) is 20.0. The summed E-state index contributed by atoms with van der Waals surface area (Å²) in [5.41, 5.74) is 0. The molecule has 0 aliphatic carbocycles. The third-order valence-electron chi connectivity index (χ3n) is 2.02. The van der Waals surface area contributed by atoms with Gasteiger partial charge in [0.1, 0.15) is 0 Å². The molecule has 0 radical (unpaired) electrons. The predicted octanol–water partition coefficient (Wildman–Crippen LogP) is 3.32. The SMILES string of the molecule is CC(=O)/C=C(/C)[O-].CC(=O)/C=C(/C)[O-].[CH2-]CCCC.[CH2-]CCCC.[Sn+4]. The van der Waals surface area contributed by atoms with E-state index < -0.39 is 0 Å². The second-order valence-electron chi connectivity index (χ2n) is 5.15. The number of unbranched alkanes of at least 4 members (excludes halogenated alkanes) is 4. The molecule has 0 aromatic heterocycles. The van der Waals surface area contributed by atoms with Gasteiger partial charge in [0.05, 0.1) is 0 Å². The maximum atomic E-state index is 9.98. The standard InChI is InChI=1S/2C5H8O2.2C5H11.Sn/c2*1-4(6)3-5(2)7;2*1-3-5-4-2;/h2*3,6H,1-2H3;2*1,3-5H2,2H3;/q;;2*-1;+4/p-2/b2*4-3-;;;.